The largest absolute Gasteiger partial charge is 0.379 e. The van der Waals surface area contributed by atoms with Crippen molar-refractivity contribution in [3.63, 3.8) is 0 Å². The smallest absolute Gasteiger partial charge is 0.0734 e. The van der Waals surface area contributed by atoms with E-state index < -0.39 is 0 Å². The standard InChI is InChI=1S/C17H27NO2/c1-3-19-11-12-20-17-13-15(9-10-16(17)18-2)14-7-5-4-6-8-14/h4-8,15-18H,3,9-13H2,1-2H3. The van der Waals surface area contributed by atoms with Crippen molar-refractivity contribution in [2.24, 2.45) is 0 Å². The first-order chi connectivity index (χ1) is 9.85. The zero-order chi connectivity index (χ0) is 14.2. The molecule has 3 atom stereocenters. The number of hydrogen-bond acceptors (Lipinski definition) is 3. The van der Waals surface area contributed by atoms with Gasteiger partial charge in [-0.05, 0) is 44.7 Å². The predicted molar refractivity (Wildman–Crippen MR) is 82.1 cm³/mol. The molecule has 112 valence electrons. The van der Waals surface area contributed by atoms with Gasteiger partial charge in [-0.2, -0.15) is 0 Å². The van der Waals surface area contributed by atoms with Crippen LogP contribution in [0, 0.1) is 0 Å². The van der Waals surface area contributed by atoms with Gasteiger partial charge in [0.25, 0.3) is 0 Å². The third kappa shape index (κ3) is 4.30. The highest BCUT2D eigenvalue weighted by Gasteiger charge is 2.30. The number of likely N-dealkylation sites (N-methyl/N-ethyl adjacent to an activating group) is 1. The molecule has 3 unspecified atom stereocenters. The van der Waals surface area contributed by atoms with E-state index in [1.54, 1.807) is 0 Å². The summed E-state index contributed by atoms with van der Waals surface area (Å²) in [6, 6.07) is 11.3. The maximum atomic E-state index is 6.05. The number of ether oxygens (including phenoxy) is 2. The van der Waals surface area contributed by atoms with E-state index in [9.17, 15) is 0 Å². The lowest BCUT2D eigenvalue weighted by atomic mass is 9.80. The van der Waals surface area contributed by atoms with Gasteiger partial charge in [0.05, 0.1) is 19.3 Å². The van der Waals surface area contributed by atoms with E-state index >= 15 is 0 Å². The molecule has 1 saturated carbocycles. The second kappa shape index (κ2) is 8.40. The summed E-state index contributed by atoms with van der Waals surface area (Å²) in [6.45, 7) is 4.16. The molecule has 0 heterocycles. The van der Waals surface area contributed by atoms with Crippen LogP contribution in [0.3, 0.4) is 0 Å². The van der Waals surface area contributed by atoms with Crippen LogP contribution in [0.5, 0.6) is 0 Å². The molecule has 1 aromatic rings. The Morgan fingerprint density at radius 3 is 2.65 bits per heavy atom. The summed E-state index contributed by atoms with van der Waals surface area (Å²) in [5, 5.41) is 3.40. The average molecular weight is 277 g/mol. The molecular formula is C17H27NO2. The molecule has 0 aliphatic heterocycles. The summed E-state index contributed by atoms with van der Waals surface area (Å²) in [4.78, 5) is 0. The van der Waals surface area contributed by atoms with Gasteiger partial charge in [0.1, 0.15) is 0 Å². The van der Waals surface area contributed by atoms with Crippen molar-refractivity contribution in [2.45, 2.75) is 44.2 Å². The van der Waals surface area contributed by atoms with Gasteiger partial charge >= 0.3 is 0 Å². The monoisotopic (exact) mass is 277 g/mol. The molecule has 0 bridgehead atoms. The number of rotatable bonds is 7. The Balaban J connectivity index is 1.89. The van der Waals surface area contributed by atoms with Crippen molar-refractivity contribution in [2.75, 3.05) is 26.9 Å². The fourth-order valence-corrected chi connectivity index (χ4v) is 3.07. The van der Waals surface area contributed by atoms with E-state index in [-0.39, 0.29) is 0 Å². The normalized spacial score (nSPS) is 26.6. The third-order valence-corrected chi connectivity index (χ3v) is 4.20. The highest BCUT2D eigenvalue weighted by Crippen LogP contribution is 2.34. The van der Waals surface area contributed by atoms with Gasteiger partial charge < -0.3 is 14.8 Å². The Kier molecular flexibility index (Phi) is 6.51. The van der Waals surface area contributed by atoms with Gasteiger partial charge in [-0.1, -0.05) is 30.3 Å². The number of nitrogens with one attached hydrogen (secondary N) is 1. The molecule has 0 aromatic heterocycles. The zero-order valence-corrected chi connectivity index (χ0v) is 12.7. The van der Waals surface area contributed by atoms with Gasteiger partial charge in [-0.25, -0.2) is 0 Å². The van der Waals surface area contributed by atoms with Crippen molar-refractivity contribution >= 4 is 0 Å². The quantitative estimate of drug-likeness (QED) is 0.777. The van der Waals surface area contributed by atoms with Crippen LogP contribution < -0.4 is 5.32 Å². The maximum Gasteiger partial charge on any atom is 0.0734 e. The van der Waals surface area contributed by atoms with E-state index in [0.717, 1.165) is 13.0 Å². The minimum Gasteiger partial charge on any atom is -0.379 e. The van der Waals surface area contributed by atoms with Gasteiger partial charge in [-0.3, -0.25) is 0 Å². The van der Waals surface area contributed by atoms with Gasteiger partial charge in [0.15, 0.2) is 0 Å². The Morgan fingerprint density at radius 2 is 1.95 bits per heavy atom. The Labute approximate surface area is 122 Å². The van der Waals surface area contributed by atoms with Crippen LogP contribution in [0.2, 0.25) is 0 Å². The van der Waals surface area contributed by atoms with E-state index in [2.05, 4.69) is 35.6 Å². The highest BCUT2D eigenvalue weighted by molar-refractivity contribution is 5.20. The SMILES string of the molecule is CCOCCOC1CC(c2ccccc2)CCC1NC. The van der Waals surface area contributed by atoms with Gasteiger partial charge in [0, 0.05) is 12.6 Å². The summed E-state index contributed by atoms with van der Waals surface area (Å²) >= 11 is 0. The molecule has 1 aromatic carbocycles. The first-order valence-corrected chi connectivity index (χ1v) is 7.76. The lowest BCUT2D eigenvalue weighted by Gasteiger charge is -2.36. The number of benzene rings is 1. The van der Waals surface area contributed by atoms with Crippen LogP contribution in [0.4, 0.5) is 0 Å². The molecule has 3 nitrogen and oxygen atoms in total. The molecule has 1 fully saturated rings. The molecule has 0 amide bonds. The molecule has 1 aliphatic rings. The third-order valence-electron chi connectivity index (χ3n) is 4.20. The summed E-state index contributed by atoms with van der Waals surface area (Å²) in [6.07, 6.45) is 3.80. The maximum absolute atomic E-state index is 6.05. The molecule has 0 spiro atoms. The van der Waals surface area contributed by atoms with Crippen molar-refractivity contribution in [1.29, 1.82) is 0 Å². The van der Waals surface area contributed by atoms with Crippen molar-refractivity contribution in [3.8, 4) is 0 Å². The minimum atomic E-state index is 0.291. The fourth-order valence-electron chi connectivity index (χ4n) is 3.07. The van der Waals surface area contributed by atoms with Crippen LogP contribution in [0.1, 0.15) is 37.7 Å². The highest BCUT2D eigenvalue weighted by atomic mass is 16.5. The molecule has 0 saturated heterocycles. The second-order valence-electron chi connectivity index (χ2n) is 5.42. The minimum absolute atomic E-state index is 0.291. The predicted octanol–water partition coefficient (Wildman–Crippen LogP) is 2.96. The van der Waals surface area contributed by atoms with Crippen LogP contribution in [-0.4, -0.2) is 39.0 Å². The lowest BCUT2D eigenvalue weighted by Crippen LogP contribution is -2.44. The summed E-state index contributed by atoms with van der Waals surface area (Å²) in [5.41, 5.74) is 1.44. The fraction of sp³-hybridized carbons (Fsp3) is 0.647. The molecule has 1 aliphatic carbocycles. The van der Waals surface area contributed by atoms with Crippen LogP contribution in [0.15, 0.2) is 30.3 Å². The van der Waals surface area contributed by atoms with E-state index in [4.69, 9.17) is 9.47 Å². The first kappa shape index (κ1) is 15.5. The Bertz CT molecular complexity index is 369. The first-order valence-electron chi connectivity index (χ1n) is 7.76. The van der Waals surface area contributed by atoms with Crippen LogP contribution in [0.25, 0.3) is 0 Å². The van der Waals surface area contributed by atoms with E-state index in [0.29, 0.717) is 31.3 Å². The lowest BCUT2D eigenvalue weighted by molar-refractivity contribution is -0.0264. The molecular weight excluding hydrogens is 250 g/mol. The molecule has 20 heavy (non-hydrogen) atoms. The average Bonchev–Trinajstić information content (AvgIpc) is 2.52. The van der Waals surface area contributed by atoms with Crippen molar-refractivity contribution < 1.29 is 9.47 Å². The summed E-state index contributed by atoms with van der Waals surface area (Å²) in [5.74, 6) is 0.623. The van der Waals surface area contributed by atoms with E-state index in [1.807, 2.05) is 14.0 Å². The van der Waals surface area contributed by atoms with Crippen LogP contribution >= 0.6 is 0 Å². The summed E-state index contributed by atoms with van der Waals surface area (Å²) in [7, 11) is 2.03. The molecule has 2 rings (SSSR count). The Morgan fingerprint density at radius 1 is 1.15 bits per heavy atom. The Hall–Kier alpha value is -0.900. The van der Waals surface area contributed by atoms with Crippen molar-refractivity contribution in [3.05, 3.63) is 35.9 Å². The zero-order valence-electron chi connectivity index (χ0n) is 12.7. The van der Waals surface area contributed by atoms with Crippen molar-refractivity contribution in [1.82, 2.24) is 5.32 Å². The van der Waals surface area contributed by atoms with E-state index in [1.165, 1.54) is 18.4 Å². The topological polar surface area (TPSA) is 30.5 Å². The number of hydrogen-bond donors (Lipinski definition) is 1. The van der Waals surface area contributed by atoms with Gasteiger partial charge in [-0.15, -0.1) is 0 Å². The second-order valence-corrected chi connectivity index (χ2v) is 5.42. The molecule has 1 N–H and O–H groups in total. The van der Waals surface area contributed by atoms with Crippen LogP contribution in [-0.2, 0) is 9.47 Å². The molecule has 0 radical (unpaired) electrons. The summed E-state index contributed by atoms with van der Waals surface area (Å²) < 4.78 is 11.4. The molecule has 3 heteroatoms. The van der Waals surface area contributed by atoms with Gasteiger partial charge in [0.2, 0.25) is 0 Å².